The van der Waals surface area contributed by atoms with E-state index < -0.39 is 6.10 Å². The lowest BCUT2D eigenvalue weighted by molar-refractivity contribution is -0.133. The zero-order valence-electron chi connectivity index (χ0n) is 17.3. The highest BCUT2D eigenvalue weighted by atomic mass is 35.5. The Kier molecular flexibility index (Phi) is 8.48. The molecule has 0 saturated heterocycles. The van der Waals surface area contributed by atoms with E-state index in [0.29, 0.717) is 52.6 Å². The summed E-state index contributed by atoms with van der Waals surface area (Å²) >= 11 is 12.2. The molecular weight excluding hydrogens is 437 g/mol. The van der Waals surface area contributed by atoms with Gasteiger partial charge in [-0.25, -0.2) is 0 Å². The van der Waals surface area contributed by atoms with E-state index in [1.165, 1.54) is 0 Å². The summed E-state index contributed by atoms with van der Waals surface area (Å²) < 4.78 is 16.8. The zero-order valence-corrected chi connectivity index (χ0v) is 18.8. The van der Waals surface area contributed by atoms with Gasteiger partial charge in [0.2, 0.25) is 0 Å². The number of rotatable bonds is 11. The number of terminal acetylenes is 1. The minimum absolute atomic E-state index is 0.169. The predicted molar refractivity (Wildman–Crippen MR) is 122 cm³/mol. The van der Waals surface area contributed by atoms with Gasteiger partial charge in [0.05, 0.1) is 23.8 Å². The normalized spacial score (nSPS) is 13.9. The van der Waals surface area contributed by atoms with E-state index in [4.69, 9.17) is 43.8 Å². The lowest BCUT2D eigenvalue weighted by Crippen LogP contribution is -2.32. The topological polar surface area (TPSA) is 56.8 Å². The van der Waals surface area contributed by atoms with Gasteiger partial charge < -0.3 is 19.5 Å². The zero-order chi connectivity index (χ0) is 22.2. The van der Waals surface area contributed by atoms with Crippen molar-refractivity contribution in [3.05, 3.63) is 57.6 Å². The van der Waals surface area contributed by atoms with E-state index in [9.17, 15) is 4.79 Å². The van der Waals surface area contributed by atoms with Crippen LogP contribution < -0.4 is 14.8 Å². The van der Waals surface area contributed by atoms with Gasteiger partial charge in [-0.1, -0.05) is 41.3 Å². The smallest absolute Gasteiger partial charge is 0.253 e. The Morgan fingerprint density at radius 3 is 2.68 bits per heavy atom. The summed E-state index contributed by atoms with van der Waals surface area (Å²) in [6.45, 7) is 1.16. The van der Waals surface area contributed by atoms with Crippen LogP contribution in [0.15, 0.2) is 36.4 Å². The second-order valence-electron chi connectivity index (χ2n) is 7.35. The number of hydrogen-bond donors (Lipinski definition) is 1. The monoisotopic (exact) mass is 461 g/mol. The number of hydrogen-bond acceptors (Lipinski definition) is 4. The first-order chi connectivity index (χ1) is 15.0. The Morgan fingerprint density at radius 1 is 1.19 bits per heavy atom. The average Bonchev–Trinajstić information content (AvgIpc) is 3.59. The summed E-state index contributed by atoms with van der Waals surface area (Å²) in [7, 11) is 1.57. The molecule has 1 aliphatic carbocycles. The molecule has 0 aliphatic heterocycles. The fourth-order valence-corrected chi connectivity index (χ4v) is 3.35. The van der Waals surface area contributed by atoms with Crippen molar-refractivity contribution in [2.75, 3.05) is 26.9 Å². The molecule has 164 valence electrons. The van der Waals surface area contributed by atoms with Crippen LogP contribution in [0.2, 0.25) is 10.0 Å². The van der Waals surface area contributed by atoms with Gasteiger partial charge in [0.15, 0.2) is 17.6 Å². The fraction of sp³-hybridized carbons (Fsp3) is 0.375. The highest BCUT2D eigenvalue weighted by Gasteiger charge is 2.27. The molecule has 2 aromatic rings. The number of methoxy groups -OCH3 is 1. The summed E-state index contributed by atoms with van der Waals surface area (Å²) in [6, 6.07) is 10.7. The number of ether oxygens (including phenoxy) is 3. The van der Waals surface area contributed by atoms with Gasteiger partial charge >= 0.3 is 0 Å². The van der Waals surface area contributed by atoms with Crippen molar-refractivity contribution in [1.29, 1.82) is 0 Å². The molecule has 0 bridgehead atoms. The summed E-state index contributed by atoms with van der Waals surface area (Å²) in [4.78, 5) is 12.9. The van der Waals surface area contributed by atoms with E-state index in [0.717, 1.165) is 18.4 Å². The molecule has 5 nitrogen and oxygen atoms in total. The molecule has 1 aliphatic rings. The minimum Gasteiger partial charge on any atom is -0.493 e. The van der Waals surface area contributed by atoms with Crippen molar-refractivity contribution in [3.63, 3.8) is 0 Å². The highest BCUT2D eigenvalue weighted by Crippen LogP contribution is 2.33. The number of carbonyl (C=O) groups is 1. The fourth-order valence-electron chi connectivity index (χ4n) is 3.04. The van der Waals surface area contributed by atoms with Gasteiger partial charge in [-0.05, 0) is 60.6 Å². The number of halogens is 2. The Labute approximate surface area is 193 Å². The lowest BCUT2D eigenvalue weighted by Gasteiger charge is -2.19. The standard InChI is InChI=1S/C24H25Cl2NO4/c1-3-12-30-21-9-6-16(13-22(21)29-2)10-11-27-24(28)23(31-15-17-4-5-17)18-7-8-19(25)20(26)14-18/h1,6-9,13-14,17,23H,4-5,10-12,15H2,2H3,(H,27,28). The number of carbonyl (C=O) groups excluding carboxylic acids is 1. The first-order valence-corrected chi connectivity index (χ1v) is 10.8. The second kappa shape index (κ2) is 11.3. The van der Waals surface area contributed by atoms with E-state index in [2.05, 4.69) is 11.2 Å². The molecule has 1 atom stereocenters. The summed E-state index contributed by atoms with van der Waals surface area (Å²) in [5, 5.41) is 3.79. The molecule has 1 fully saturated rings. The van der Waals surface area contributed by atoms with Gasteiger partial charge in [0, 0.05) is 6.54 Å². The minimum atomic E-state index is -0.732. The number of amides is 1. The van der Waals surface area contributed by atoms with Crippen LogP contribution in [-0.2, 0) is 16.0 Å². The highest BCUT2D eigenvalue weighted by molar-refractivity contribution is 6.42. The van der Waals surface area contributed by atoms with Crippen molar-refractivity contribution < 1.29 is 19.0 Å². The van der Waals surface area contributed by atoms with Gasteiger partial charge in [-0.15, -0.1) is 6.42 Å². The third-order valence-corrected chi connectivity index (χ3v) is 5.67. The van der Waals surface area contributed by atoms with Gasteiger partial charge in [0.1, 0.15) is 6.61 Å². The molecule has 0 radical (unpaired) electrons. The Morgan fingerprint density at radius 2 is 2.00 bits per heavy atom. The van der Waals surface area contributed by atoms with E-state index in [1.807, 2.05) is 18.2 Å². The van der Waals surface area contributed by atoms with Crippen LogP contribution in [0, 0.1) is 18.3 Å². The first kappa shape index (κ1) is 23.3. The van der Waals surface area contributed by atoms with Gasteiger partial charge in [-0.2, -0.15) is 0 Å². The molecule has 7 heteroatoms. The van der Waals surface area contributed by atoms with Crippen molar-refractivity contribution in [2.24, 2.45) is 5.92 Å². The van der Waals surface area contributed by atoms with E-state index in [1.54, 1.807) is 25.3 Å². The Bertz CT molecular complexity index is 953. The van der Waals surface area contributed by atoms with Crippen LogP contribution in [0.1, 0.15) is 30.1 Å². The molecular formula is C24H25Cl2NO4. The molecule has 0 aromatic heterocycles. The molecule has 0 heterocycles. The Balaban J connectivity index is 1.61. The van der Waals surface area contributed by atoms with Crippen LogP contribution in [0.5, 0.6) is 11.5 Å². The molecule has 1 N–H and O–H groups in total. The lowest BCUT2D eigenvalue weighted by atomic mass is 10.1. The maximum atomic E-state index is 12.9. The number of nitrogens with one attached hydrogen (secondary N) is 1. The molecule has 1 amide bonds. The molecule has 0 spiro atoms. The molecule has 31 heavy (non-hydrogen) atoms. The SMILES string of the molecule is C#CCOc1ccc(CCNC(=O)C(OCC2CC2)c2ccc(Cl)c(Cl)c2)cc1OC. The second-order valence-corrected chi connectivity index (χ2v) is 8.16. The van der Waals surface area contributed by atoms with Crippen LogP contribution in [0.3, 0.4) is 0 Å². The van der Waals surface area contributed by atoms with Gasteiger partial charge in [0.25, 0.3) is 5.91 Å². The van der Waals surface area contributed by atoms with E-state index in [-0.39, 0.29) is 12.5 Å². The summed E-state index contributed by atoms with van der Waals surface area (Å²) in [5.74, 6) is 3.93. The third kappa shape index (κ3) is 6.80. The van der Waals surface area contributed by atoms with Crippen LogP contribution >= 0.6 is 23.2 Å². The van der Waals surface area contributed by atoms with Crippen molar-refractivity contribution >= 4 is 29.1 Å². The maximum absolute atomic E-state index is 12.9. The van der Waals surface area contributed by atoms with Crippen molar-refractivity contribution in [2.45, 2.75) is 25.4 Å². The van der Waals surface area contributed by atoms with Crippen molar-refractivity contribution in [1.82, 2.24) is 5.32 Å². The first-order valence-electron chi connectivity index (χ1n) is 10.1. The Hall–Kier alpha value is -2.39. The van der Waals surface area contributed by atoms with Crippen LogP contribution in [0.25, 0.3) is 0 Å². The molecule has 2 aromatic carbocycles. The predicted octanol–water partition coefficient (Wildman–Crippen LogP) is 4.84. The van der Waals surface area contributed by atoms with Crippen LogP contribution in [-0.4, -0.2) is 32.8 Å². The van der Waals surface area contributed by atoms with Crippen molar-refractivity contribution in [3.8, 4) is 23.8 Å². The molecule has 3 rings (SSSR count). The maximum Gasteiger partial charge on any atom is 0.253 e. The molecule has 1 unspecified atom stereocenters. The molecule has 1 saturated carbocycles. The third-order valence-electron chi connectivity index (χ3n) is 4.93. The van der Waals surface area contributed by atoms with E-state index >= 15 is 0 Å². The van der Waals surface area contributed by atoms with Gasteiger partial charge in [-0.3, -0.25) is 4.79 Å². The largest absolute Gasteiger partial charge is 0.493 e. The van der Waals surface area contributed by atoms with Crippen LogP contribution in [0.4, 0.5) is 0 Å². The quantitative estimate of drug-likeness (QED) is 0.486. The number of benzene rings is 2. The summed E-state index contributed by atoms with van der Waals surface area (Å²) in [5.41, 5.74) is 1.68. The average molecular weight is 462 g/mol. The summed E-state index contributed by atoms with van der Waals surface area (Å²) in [6.07, 6.45) is 7.40.